The van der Waals surface area contributed by atoms with E-state index in [-0.39, 0.29) is 6.10 Å². The Morgan fingerprint density at radius 3 is 2.58 bits per heavy atom. The van der Waals surface area contributed by atoms with E-state index in [1.54, 1.807) is 19.9 Å². The highest BCUT2D eigenvalue weighted by Crippen LogP contribution is 2.36. The summed E-state index contributed by atoms with van der Waals surface area (Å²) in [5, 5.41) is 2.16. The fourth-order valence-electron chi connectivity index (χ4n) is 1.91. The molecule has 0 atom stereocenters. The van der Waals surface area contributed by atoms with Crippen molar-refractivity contribution in [3.8, 4) is 5.75 Å². The first-order valence-corrected chi connectivity index (χ1v) is 6.38. The third-order valence-electron chi connectivity index (χ3n) is 2.71. The largest absolute Gasteiger partial charge is 0.494 e. The normalized spacial score (nSPS) is 10.8. The molecule has 2 aromatic carbocycles. The molecule has 3 nitrogen and oxygen atoms in total. The number of rotatable bonds is 3. The smallest absolute Gasteiger partial charge is 0.342 e. The zero-order valence-electron chi connectivity index (χ0n) is 11.1. The summed E-state index contributed by atoms with van der Waals surface area (Å²) in [4.78, 5) is 12.1. The van der Waals surface area contributed by atoms with Crippen molar-refractivity contribution in [3.05, 3.63) is 40.9 Å². The first kappa shape index (κ1) is 13.7. The van der Waals surface area contributed by atoms with Gasteiger partial charge >= 0.3 is 5.97 Å². The van der Waals surface area contributed by atoms with Gasteiger partial charge in [-0.15, -0.1) is 0 Å². The molecule has 0 unspecified atom stereocenters. The average Bonchev–Trinajstić information content (AvgIpc) is 2.38. The Labute approximate surface area is 117 Å². The molecule has 4 heteroatoms. The molecule has 0 spiro atoms. The summed E-state index contributed by atoms with van der Waals surface area (Å²) in [5.74, 6) is -0.0782. The van der Waals surface area contributed by atoms with Crippen LogP contribution < -0.4 is 4.74 Å². The second-order valence-electron chi connectivity index (χ2n) is 4.45. The van der Waals surface area contributed by atoms with E-state index in [4.69, 9.17) is 21.1 Å². The van der Waals surface area contributed by atoms with Gasteiger partial charge in [0.2, 0.25) is 0 Å². The molecule has 0 radical (unpaired) electrons. The fraction of sp³-hybridized carbons (Fsp3) is 0.267. The minimum atomic E-state index is -0.431. The van der Waals surface area contributed by atoms with Gasteiger partial charge in [-0.1, -0.05) is 35.9 Å². The van der Waals surface area contributed by atoms with Crippen LogP contribution in [-0.2, 0) is 4.74 Å². The molecule has 0 fully saturated rings. The molecule has 0 saturated heterocycles. The van der Waals surface area contributed by atoms with Gasteiger partial charge in [0.25, 0.3) is 0 Å². The van der Waals surface area contributed by atoms with Crippen LogP contribution in [0.4, 0.5) is 0 Å². The van der Waals surface area contributed by atoms with Crippen molar-refractivity contribution in [2.75, 3.05) is 7.11 Å². The Morgan fingerprint density at radius 1 is 1.26 bits per heavy atom. The SMILES string of the molecule is COc1c(C(=O)OC(C)C)cc2ccccc2c1Cl. The third-order valence-corrected chi connectivity index (χ3v) is 3.08. The molecule has 0 heterocycles. The number of halogens is 1. The van der Waals surface area contributed by atoms with Gasteiger partial charge in [-0.05, 0) is 25.3 Å². The van der Waals surface area contributed by atoms with Gasteiger partial charge in [0.15, 0.2) is 5.75 Å². The van der Waals surface area contributed by atoms with Crippen LogP contribution >= 0.6 is 11.6 Å². The fourth-order valence-corrected chi connectivity index (χ4v) is 2.26. The van der Waals surface area contributed by atoms with E-state index in [0.717, 1.165) is 10.8 Å². The Morgan fingerprint density at radius 2 is 1.95 bits per heavy atom. The summed E-state index contributed by atoms with van der Waals surface area (Å²) in [6.45, 7) is 3.60. The number of esters is 1. The molecule has 2 aromatic rings. The topological polar surface area (TPSA) is 35.5 Å². The first-order chi connectivity index (χ1) is 9.04. The number of fused-ring (bicyclic) bond motifs is 1. The zero-order valence-corrected chi connectivity index (χ0v) is 11.8. The minimum absolute atomic E-state index is 0.192. The van der Waals surface area contributed by atoms with E-state index < -0.39 is 5.97 Å². The van der Waals surface area contributed by atoms with Gasteiger partial charge in [0.1, 0.15) is 5.56 Å². The van der Waals surface area contributed by atoms with Gasteiger partial charge in [-0.3, -0.25) is 0 Å². The van der Waals surface area contributed by atoms with Gasteiger partial charge in [0, 0.05) is 5.39 Å². The van der Waals surface area contributed by atoms with Crippen LogP contribution in [0.25, 0.3) is 10.8 Å². The molecule has 0 aliphatic heterocycles. The summed E-state index contributed by atoms with van der Waals surface area (Å²) in [6.07, 6.45) is -0.192. The number of hydrogen-bond donors (Lipinski definition) is 0. The second kappa shape index (κ2) is 5.49. The molecular weight excluding hydrogens is 264 g/mol. The molecule has 0 amide bonds. The molecule has 100 valence electrons. The lowest BCUT2D eigenvalue weighted by Gasteiger charge is -2.14. The Balaban J connectivity index is 2.63. The number of hydrogen-bond acceptors (Lipinski definition) is 3. The highest BCUT2D eigenvalue weighted by atomic mass is 35.5. The first-order valence-electron chi connectivity index (χ1n) is 6.00. The van der Waals surface area contributed by atoms with Crippen LogP contribution in [0.15, 0.2) is 30.3 Å². The molecule has 0 aromatic heterocycles. The molecule has 0 N–H and O–H groups in total. The summed E-state index contributed by atoms with van der Waals surface area (Å²) < 4.78 is 10.5. The molecular formula is C15H15ClO3. The quantitative estimate of drug-likeness (QED) is 0.794. The maximum atomic E-state index is 12.1. The van der Waals surface area contributed by atoms with E-state index in [1.165, 1.54) is 7.11 Å². The summed E-state index contributed by atoms with van der Waals surface area (Å²) in [7, 11) is 1.49. The van der Waals surface area contributed by atoms with Crippen molar-refractivity contribution in [2.45, 2.75) is 20.0 Å². The Kier molecular flexibility index (Phi) is 3.96. The van der Waals surface area contributed by atoms with E-state index in [0.29, 0.717) is 16.3 Å². The number of methoxy groups -OCH3 is 1. The van der Waals surface area contributed by atoms with Crippen molar-refractivity contribution >= 4 is 28.3 Å². The van der Waals surface area contributed by atoms with Crippen molar-refractivity contribution in [1.29, 1.82) is 0 Å². The maximum Gasteiger partial charge on any atom is 0.342 e. The number of ether oxygens (including phenoxy) is 2. The number of carbonyl (C=O) groups is 1. The van der Waals surface area contributed by atoms with E-state index in [2.05, 4.69) is 0 Å². The van der Waals surface area contributed by atoms with Gasteiger partial charge in [-0.25, -0.2) is 4.79 Å². The second-order valence-corrected chi connectivity index (χ2v) is 4.82. The highest BCUT2D eigenvalue weighted by molar-refractivity contribution is 6.37. The van der Waals surface area contributed by atoms with Crippen molar-refractivity contribution in [2.24, 2.45) is 0 Å². The summed E-state index contributed by atoms with van der Waals surface area (Å²) >= 11 is 6.29. The van der Waals surface area contributed by atoms with E-state index in [9.17, 15) is 4.79 Å². The van der Waals surface area contributed by atoms with Crippen LogP contribution in [-0.4, -0.2) is 19.2 Å². The molecule has 2 rings (SSSR count). The van der Waals surface area contributed by atoms with Crippen molar-refractivity contribution in [3.63, 3.8) is 0 Å². The van der Waals surface area contributed by atoms with E-state index >= 15 is 0 Å². The van der Waals surface area contributed by atoms with Crippen LogP contribution in [0.1, 0.15) is 24.2 Å². The van der Waals surface area contributed by atoms with Crippen LogP contribution in [0.2, 0.25) is 5.02 Å². The van der Waals surface area contributed by atoms with Gasteiger partial charge < -0.3 is 9.47 Å². The minimum Gasteiger partial charge on any atom is -0.494 e. The average molecular weight is 279 g/mol. The Bertz CT molecular complexity index is 620. The van der Waals surface area contributed by atoms with E-state index in [1.807, 2.05) is 24.3 Å². The standard InChI is InChI=1S/C15H15ClO3/c1-9(2)19-15(17)12-8-10-6-4-5-7-11(10)13(16)14(12)18-3/h4-9H,1-3H3. The third kappa shape index (κ3) is 2.66. The molecule has 0 saturated carbocycles. The monoisotopic (exact) mass is 278 g/mol. The van der Waals surface area contributed by atoms with Crippen molar-refractivity contribution < 1.29 is 14.3 Å². The lowest BCUT2D eigenvalue weighted by molar-refractivity contribution is 0.0374. The lowest BCUT2D eigenvalue weighted by atomic mass is 10.1. The Hall–Kier alpha value is -1.74. The summed E-state index contributed by atoms with van der Waals surface area (Å²) in [5.41, 5.74) is 0.347. The predicted molar refractivity (Wildman–Crippen MR) is 76.1 cm³/mol. The van der Waals surface area contributed by atoms with Crippen LogP contribution in [0.3, 0.4) is 0 Å². The maximum absolute atomic E-state index is 12.1. The highest BCUT2D eigenvalue weighted by Gasteiger charge is 2.20. The molecule has 0 aliphatic rings. The molecule has 0 bridgehead atoms. The zero-order chi connectivity index (χ0) is 14.0. The predicted octanol–water partition coefficient (Wildman–Crippen LogP) is 4.07. The lowest BCUT2D eigenvalue weighted by Crippen LogP contribution is -2.13. The summed E-state index contributed by atoms with van der Waals surface area (Å²) in [6, 6.07) is 9.30. The number of carbonyl (C=O) groups excluding carboxylic acids is 1. The van der Waals surface area contributed by atoms with Crippen molar-refractivity contribution in [1.82, 2.24) is 0 Å². The van der Waals surface area contributed by atoms with Gasteiger partial charge in [0.05, 0.1) is 18.2 Å². The number of benzene rings is 2. The van der Waals surface area contributed by atoms with Crippen LogP contribution in [0, 0.1) is 0 Å². The molecule has 19 heavy (non-hydrogen) atoms. The molecule has 0 aliphatic carbocycles. The van der Waals surface area contributed by atoms with Crippen LogP contribution in [0.5, 0.6) is 5.75 Å². The van der Waals surface area contributed by atoms with Gasteiger partial charge in [-0.2, -0.15) is 0 Å².